The maximum absolute atomic E-state index is 10.8. The van der Waals surface area contributed by atoms with E-state index in [-0.39, 0.29) is 11.7 Å². The lowest BCUT2D eigenvalue weighted by Gasteiger charge is -2.14. The first-order valence-corrected chi connectivity index (χ1v) is 5.11. The van der Waals surface area contributed by atoms with Crippen molar-refractivity contribution in [2.45, 2.75) is 13.0 Å². The molecule has 6 heteroatoms. The molecule has 0 saturated heterocycles. The third-order valence-electron chi connectivity index (χ3n) is 1.97. The molecule has 1 atom stereocenters. The van der Waals surface area contributed by atoms with Crippen molar-refractivity contribution >= 4 is 23.0 Å². The molecule has 88 valence electrons. The van der Waals surface area contributed by atoms with Gasteiger partial charge in [0.05, 0.1) is 11.5 Å². The number of nitro benzene ring substituents is 1. The van der Waals surface area contributed by atoms with Gasteiger partial charge in [-0.2, -0.15) is 0 Å². The molecule has 5 nitrogen and oxygen atoms in total. The number of anilines is 1. The second kappa shape index (κ2) is 5.67. The van der Waals surface area contributed by atoms with Crippen LogP contribution in [0.25, 0.3) is 0 Å². The summed E-state index contributed by atoms with van der Waals surface area (Å²) >= 11 is 5.79. The molecule has 16 heavy (non-hydrogen) atoms. The Hall–Kier alpha value is -1.33. The van der Waals surface area contributed by atoms with Gasteiger partial charge in [0.2, 0.25) is 0 Å². The number of nitro groups is 1. The zero-order valence-electron chi connectivity index (χ0n) is 9.07. The first-order valence-electron chi connectivity index (χ1n) is 4.74. The number of ether oxygens (including phenoxy) is 1. The SMILES string of the molecule is COCC(C)Nc1cc(Cl)ccc1[N+](=O)[O-]. The van der Waals surface area contributed by atoms with Gasteiger partial charge in [-0.15, -0.1) is 0 Å². The van der Waals surface area contributed by atoms with Crippen LogP contribution in [0, 0.1) is 10.1 Å². The lowest BCUT2D eigenvalue weighted by molar-refractivity contribution is -0.384. The molecule has 0 aromatic heterocycles. The lowest BCUT2D eigenvalue weighted by Crippen LogP contribution is -2.21. The number of hydrogen-bond acceptors (Lipinski definition) is 4. The van der Waals surface area contributed by atoms with Crippen LogP contribution in [-0.4, -0.2) is 24.7 Å². The highest BCUT2D eigenvalue weighted by atomic mass is 35.5. The molecule has 0 aliphatic rings. The van der Waals surface area contributed by atoms with Crippen LogP contribution in [0.1, 0.15) is 6.92 Å². The Bertz CT molecular complexity index is 384. The van der Waals surface area contributed by atoms with Crippen LogP contribution in [0.5, 0.6) is 0 Å². The van der Waals surface area contributed by atoms with E-state index in [0.29, 0.717) is 17.3 Å². The third-order valence-corrected chi connectivity index (χ3v) is 2.21. The molecular weight excluding hydrogens is 232 g/mol. The van der Waals surface area contributed by atoms with E-state index in [1.807, 2.05) is 6.92 Å². The lowest BCUT2D eigenvalue weighted by atomic mass is 10.2. The molecule has 0 heterocycles. The number of nitrogens with zero attached hydrogens (tertiary/aromatic N) is 1. The highest BCUT2D eigenvalue weighted by molar-refractivity contribution is 6.31. The third kappa shape index (κ3) is 3.36. The zero-order valence-corrected chi connectivity index (χ0v) is 9.82. The van der Waals surface area contributed by atoms with Gasteiger partial charge in [0.15, 0.2) is 0 Å². The molecule has 1 rings (SSSR count). The van der Waals surface area contributed by atoms with Crippen LogP contribution in [0.4, 0.5) is 11.4 Å². The zero-order chi connectivity index (χ0) is 12.1. The molecule has 0 saturated carbocycles. The van der Waals surface area contributed by atoms with Crippen LogP contribution in [-0.2, 0) is 4.74 Å². The van der Waals surface area contributed by atoms with Gasteiger partial charge in [0.25, 0.3) is 5.69 Å². The Balaban J connectivity index is 2.92. The first-order chi connectivity index (χ1) is 7.54. The minimum atomic E-state index is -0.446. The van der Waals surface area contributed by atoms with E-state index >= 15 is 0 Å². The monoisotopic (exact) mass is 244 g/mol. The highest BCUT2D eigenvalue weighted by Gasteiger charge is 2.15. The summed E-state index contributed by atoms with van der Waals surface area (Å²) in [5.41, 5.74) is 0.411. The van der Waals surface area contributed by atoms with E-state index < -0.39 is 4.92 Å². The molecule has 1 unspecified atom stereocenters. The standard InChI is InChI=1S/C10H13ClN2O3/c1-7(6-16-2)12-9-5-8(11)3-4-10(9)13(14)15/h3-5,7,12H,6H2,1-2H3. The number of methoxy groups -OCH3 is 1. The predicted molar refractivity (Wildman–Crippen MR) is 63.1 cm³/mol. The van der Waals surface area contributed by atoms with E-state index in [2.05, 4.69) is 5.32 Å². The Morgan fingerprint density at radius 1 is 1.62 bits per heavy atom. The Morgan fingerprint density at radius 2 is 2.31 bits per heavy atom. The van der Waals surface area contributed by atoms with Crippen molar-refractivity contribution in [1.82, 2.24) is 0 Å². The average molecular weight is 245 g/mol. The van der Waals surface area contributed by atoms with Crippen molar-refractivity contribution in [2.75, 3.05) is 19.0 Å². The second-order valence-electron chi connectivity index (χ2n) is 3.42. The van der Waals surface area contributed by atoms with Crippen LogP contribution in [0.3, 0.4) is 0 Å². The quantitative estimate of drug-likeness (QED) is 0.639. The van der Waals surface area contributed by atoms with Crippen molar-refractivity contribution in [3.05, 3.63) is 33.3 Å². The van der Waals surface area contributed by atoms with Crippen molar-refractivity contribution < 1.29 is 9.66 Å². The van der Waals surface area contributed by atoms with Gasteiger partial charge in [-0.3, -0.25) is 10.1 Å². The summed E-state index contributed by atoms with van der Waals surface area (Å²) in [5.74, 6) is 0. The Kier molecular flexibility index (Phi) is 4.52. The molecule has 0 spiro atoms. The van der Waals surface area contributed by atoms with Gasteiger partial charge < -0.3 is 10.1 Å². The van der Waals surface area contributed by atoms with Crippen molar-refractivity contribution in [3.8, 4) is 0 Å². The normalized spacial score (nSPS) is 12.2. The largest absolute Gasteiger partial charge is 0.383 e. The van der Waals surface area contributed by atoms with E-state index in [4.69, 9.17) is 16.3 Å². The summed E-state index contributed by atoms with van der Waals surface area (Å²) in [5, 5.41) is 14.2. The summed E-state index contributed by atoms with van der Waals surface area (Å²) in [4.78, 5) is 10.3. The van der Waals surface area contributed by atoms with Gasteiger partial charge in [-0.05, 0) is 19.1 Å². The van der Waals surface area contributed by atoms with Gasteiger partial charge in [-0.25, -0.2) is 0 Å². The van der Waals surface area contributed by atoms with Gasteiger partial charge in [-0.1, -0.05) is 11.6 Å². The summed E-state index contributed by atoms with van der Waals surface area (Å²) in [6, 6.07) is 4.38. The van der Waals surface area contributed by atoms with Crippen LogP contribution in [0.15, 0.2) is 18.2 Å². The van der Waals surface area contributed by atoms with Gasteiger partial charge in [0.1, 0.15) is 5.69 Å². The second-order valence-corrected chi connectivity index (χ2v) is 3.86. The van der Waals surface area contributed by atoms with Crippen LogP contribution in [0.2, 0.25) is 5.02 Å². The molecule has 1 N–H and O–H groups in total. The van der Waals surface area contributed by atoms with Crippen LogP contribution >= 0.6 is 11.6 Å². The molecule has 1 aromatic carbocycles. The summed E-state index contributed by atoms with van der Waals surface area (Å²) < 4.78 is 4.94. The van der Waals surface area contributed by atoms with E-state index in [1.165, 1.54) is 18.2 Å². The van der Waals surface area contributed by atoms with Crippen molar-refractivity contribution in [2.24, 2.45) is 0 Å². The van der Waals surface area contributed by atoms with E-state index in [1.54, 1.807) is 7.11 Å². The minimum Gasteiger partial charge on any atom is -0.383 e. The van der Waals surface area contributed by atoms with Crippen molar-refractivity contribution in [3.63, 3.8) is 0 Å². The fourth-order valence-electron chi connectivity index (χ4n) is 1.34. The maximum atomic E-state index is 10.8. The molecule has 0 bridgehead atoms. The van der Waals surface area contributed by atoms with E-state index in [0.717, 1.165) is 0 Å². The smallest absolute Gasteiger partial charge is 0.292 e. The molecular formula is C10H13ClN2O3. The molecule has 0 aliphatic carbocycles. The number of benzene rings is 1. The fraction of sp³-hybridized carbons (Fsp3) is 0.400. The number of hydrogen-bond donors (Lipinski definition) is 1. The average Bonchev–Trinajstić information content (AvgIpc) is 2.17. The first kappa shape index (κ1) is 12.7. The van der Waals surface area contributed by atoms with Crippen LogP contribution < -0.4 is 5.32 Å². The van der Waals surface area contributed by atoms with Crippen molar-refractivity contribution in [1.29, 1.82) is 0 Å². The number of nitrogens with one attached hydrogen (secondary N) is 1. The minimum absolute atomic E-state index is 0.00681. The fourth-order valence-corrected chi connectivity index (χ4v) is 1.51. The summed E-state index contributed by atoms with van der Waals surface area (Å²) in [6.07, 6.45) is 0. The molecule has 0 fully saturated rings. The Morgan fingerprint density at radius 3 is 2.88 bits per heavy atom. The van der Waals surface area contributed by atoms with E-state index in [9.17, 15) is 10.1 Å². The summed E-state index contributed by atoms with van der Waals surface area (Å²) in [7, 11) is 1.57. The number of rotatable bonds is 5. The summed E-state index contributed by atoms with van der Waals surface area (Å²) in [6.45, 7) is 2.33. The topological polar surface area (TPSA) is 64.4 Å². The van der Waals surface area contributed by atoms with Gasteiger partial charge in [0, 0.05) is 24.2 Å². The predicted octanol–water partition coefficient (Wildman–Crippen LogP) is 2.70. The van der Waals surface area contributed by atoms with Gasteiger partial charge >= 0.3 is 0 Å². The molecule has 1 aromatic rings. The molecule has 0 radical (unpaired) electrons. The maximum Gasteiger partial charge on any atom is 0.292 e. The number of halogens is 1. The molecule has 0 amide bonds. The molecule has 0 aliphatic heterocycles. The Labute approximate surface area is 98.5 Å². The highest BCUT2D eigenvalue weighted by Crippen LogP contribution is 2.28.